The Hall–Kier alpha value is 2.27. The topological polar surface area (TPSA) is 51.7 Å². The first-order valence-corrected chi connectivity index (χ1v) is 0.600. The van der Waals surface area contributed by atoms with Crippen molar-refractivity contribution < 1.29 is 72.0 Å². The largest absolute Gasteiger partial charge is 1.00 e. The van der Waals surface area contributed by atoms with Crippen molar-refractivity contribution in [2.24, 2.45) is 0 Å². The third kappa shape index (κ3) is 22.2. The van der Waals surface area contributed by atoms with Crippen LogP contribution in [0, 0.1) is 0 Å². The van der Waals surface area contributed by atoms with Gasteiger partial charge in [0, 0.05) is 0 Å². The summed E-state index contributed by atoms with van der Waals surface area (Å²) in [5.41, 5.74) is 0. The zero-order chi connectivity index (χ0) is 2.00. The van der Waals surface area contributed by atoms with Crippen molar-refractivity contribution in [3.63, 3.8) is 0 Å². The molecule has 0 unspecified atom stereocenters. The Kier molecular flexibility index (Phi) is 181. The van der Waals surface area contributed by atoms with Crippen LogP contribution in [0.15, 0.2) is 0 Å². The van der Waals surface area contributed by atoms with Gasteiger partial charge in [-0.25, -0.2) is 0 Å². The molecule has 0 heterocycles. The molecule has 0 aliphatic rings. The quantitative estimate of drug-likeness (QED) is 0.185. The first-order valence-electron chi connectivity index (χ1n) is 0.200. The maximum absolute atomic E-state index is 6.69. The number of hydrogen-bond acceptors (Lipinski definition) is 2. The van der Waals surface area contributed by atoms with E-state index in [1.807, 2.05) is 0 Å². The summed E-state index contributed by atoms with van der Waals surface area (Å²) < 4.78 is 6.69. The molecule has 0 aliphatic heterocycles. The second kappa shape index (κ2) is 33.8. The van der Waals surface area contributed by atoms with E-state index in [1.165, 1.54) is 0 Å². The van der Waals surface area contributed by atoms with Gasteiger partial charge < -0.3 is 12.9 Å². The Labute approximate surface area is 83.8 Å². The van der Waals surface area contributed by atoms with Crippen LogP contribution >= 0.6 is 12.9 Å². The van der Waals surface area contributed by atoms with Gasteiger partial charge >= 0.3 is 59.1 Å². The molecule has 0 spiro atoms. The molecule has 0 aliphatic carbocycles. The summed E-state index contributed by atoms with van der Waals surface area (Å²) in [4.78, 5) is 0. The van der Waals surface area contributed by atoms with E-state index < -0.39 is 0 Å². The Balaban J connectivity index is -0.000000000500. The van der Waals surface area contributed by atoms with Crippen molar-refractivity contribution in [2.45, 2.75) is 0 Å². The van der Waals surface area contributed by atoms with Crippen molar-refractivity contribution in [3.8, 4) is 0 Å². The van der Waals surface area contributed by atoms with E-state index in [9.17, 15) is 0 Å². The molecule has 0 aromatic heterocycles. The monoisotopic (exact) mass is 116 g/mol. The van der Waals surface area contributed by atoms with Crippen LogP contribution in [0.25, 0.3) is 0 Å². The van der Waals surface area contributed by atoms with Gasteiger partial charge in [-0.3, -0.25) is 0 Å². The molecule has 0 aromatic carbocycles. The molecule has 0 bridgehead atoms. The molecule has 26 valence electrons. The fourth-order valence-electron chi connectivity index (χ4n) is 0. The second-order valence-electron chi connectivity index (χ2n) is 0. The predicted molar refractivity (Wildman–Crippen MR) is 17.5 cm³/mol. The maximum Gasteiger partial charge on any atom is 1.00 e. The number of rotatable bonds is 0. The van der Waals surface area contributed by atoms with Gasteiger partial charge in [-0.05, 0) is 12.9 Å². The van der Waals surface area contributed by atoms with Crippen molar-refractivity contribution in [1.29, 1.82) is 0 Å². The maximum atomic E-state index is 6.69. The van der Waals surface area contributed by atoms with Gasteiger partial charge in [0.2, 0.25) is 0 Å². The molecule has 0 rings (SSSR count). The number of hydrogen-bond donors (Lipinski definition) is 2. The van der Waals surface area contributed by atoms with Gasteiger partial charge in [0.25, 0.3) is 0 Å². The molecular formula is H6Na2O2S. The van der Waals surface area contributed by atoms with Gasteiger partial charge in [-0.15, -0.1) is 0 Å². The molecule has 0 fully saturated rings. The second-order valence-corrected chi connectivity index (χ2v) is 0. The first kappa shape index (κ1) is 26.7. The van der Waals surface area contributed by atoms with Crippen LogP contribution in [0.2, 0.25) is 0 Å². The number of thiol groups is 1. The Morgan fingerprint density at radius 2 is 1.20 bits per heavy atom. The third-order valence-electron chi connectivity index (χ3n) is 0. The van der Waals surface area contributed by atoms with Gasteiger partial charge in [0.15, 0.2) is 0 Å². The SMILES string of the molecule is O.OS.[H-].[H-].[Na+].[Na+]. The minimum Gasteiger partial charge on any atom is -1.00 e. The summed E-state index contributed by atoms with van der Waals surface area (Å²) in [6, 6.07) is 0. The molecule has 5 heteroatoms. The van der Waals surface area contributed by atoms with Crippen molar-refractivity contribution in [1.82, 2.24) is 0 Å². The Morgan fingerprint density at radius 1 is 1.20 bits per heavy atom. The van der Waals surface area contributed by atoms with Gasteiger partial charge in [-0.1, -0.05) is 0 Å². The molecule has 0 aromatic rings. The molecule has 5 heavy (non-hydrogen) atoms. The van der Waals surface area contributed by atoms with Gasteiger partial charge in [-0.2, -0.15) is 0 Å². The van der Waals surface area contributed by atoms with Gasteiger partial charge in [0.05, 0.1) is 0 Å². The predicted octanol–water partition coefficient (Wildman–Crippen LogP) is -6.20. The zero-order valence-corrected chi connectivity index (χ0v) is 8.29. The van der Waals surface area contributed by atoms with Crippen LogP contribution in [0.3, 0.4) is 0 Å². The first-order chi connectivity index (χ1) is 1.00. The minimum absolute atomic E-state index is 0. The molecule has 0 atom stereocenters. The molecule has 0 radical (unpaired) electrons. The molecule has 0 saturated carbocycles. The van der Waals surface area contributed by atoms with E-state index in [0.717, 1.165) is 0 Å². The standard InChI is InChI=1S/2Na.H2OS.H2O.2H/c;;1-2;;;/h;;1-2H;1H2;;/q2*+1;;;2*-1. The Morgan fingerprint density at radius 3 is 1.20 bits per heavy atom. The van der Waals surface area contributed by atoms with E-state index in [4.69, 9.17) is 4.55 Å². The molecular weight excluding hydrogens is 110 g/mol. The fourth-order valence-corrected chi connectivity index (χ4v) is 0. The van der Waals surface area contributed by atoms with E-state index in [2.05, 4.69) is 12.9 Å². The molecule has 2 nitrogen and oxygen atoms in total. The van der Waals surface area contributed by atoms with E-state index >= 15 is 0 Å². The fraction of sp³-hybridized carbons (Fsp3) is 0. The minimum atomic E-state index is 0. The van der Waals surface area contributed by atoms with Crippen LogP contribution in [0.1, 0.15) is 2.85 Å². The van der Waals surface area contributed by atoms with Crippen LogP contribution in [-0.4, -0.2) is 10.0 Å². The van der Waals surface area contributed by atoms with E-state index in [-0.39, 0.29) is 67.4 Å². The molecule has 0 amide bonds. The molecule has 0 saturated heterocycles. The molecule has 3 N–H and O–H groups in total. The Bertz CT molecular complexity index is 13.7. The summed E-state index contributed by atoms with van der Waals surface area (Å²) in [6.45, 7) is 0. The van der Waals surface area contributed by atoms with Crippen LogP contribution in [-0.2, 0) is 0 Å². The van der Waals surface area contributed by atoms with Crippen molar-refractivity contribution >= 4 is 12.9 Å². The van der Waals surface area contributed by atoms with Crippen molar-refractivity contribution in [2.75, 3.05) is 0 Å². The van der Waals surface area contributed by atoms with Crippen LogP contribution < -0.4 is 59.1 Å². The van der Waals surface area contributed by atoms with E-state index in [1.54, 1.807) is 0 Å². The average Bonchev–Trinajstić information content (AvgIpc) is 1.00. The third-order valence-corrected chi connectivity index (χ3v) is 0. The van der Waals surface area contributed by atoms with E-state index in [0.29, 0.717) is 0 Å². The summed E-state index contributed by atoms with van der Waals surface area (Å²) >= 11 is 2.53. The van der Waals surface area contributed by atoms with Crippen LogP contribution in [0.4, 0.5) is 0 Å². The average molecular weight is 116 g/mol. The zero-order valence-electron chi connectivity index (χ0n) is 5.39. The smallest absolute Gasteiger partial charge is 1.00 e. The summed E-state index contributed by atoms with van der Waals surface area (Å²) in [5.74, 6) is 0. The van der Waals surface area contributed by atoms with Crippen LogP contribution in [0.5, 0.6) is 0 Å². The summed E-state index contributed by atoms with van der Waals surface area (Å²) in [5, 5.41) is 0. The van der Waals surface area contributed by atoms with Gasteiger partial charge in [0.1, 0.15) is 0 Å². The van der Waals surface area contributed by atoms with Crippen molar-refractivity contribution in [3.05, 3.63) is 0 Å². The summed E-state index contributed by atoms with van der Waals surface area (Å²) in [7, 11) is 0. The normalized spacial score (nSPS) is 1.20. The summed E-state index contributed by atoms with van der Waals surface area (Å²) in [6.07, 6.45) is 0.